The van der Waals surface area contributed by atoms with Crippen LogP contribution >= 0.6 is 11.8 Å². The number of ether oxygens (including phenoxy) is 2. The lowest BCUT2D eigenvalue weighted by molar-refractivity contribution is -0.385. The Labute approximate surface area is 149 Å². The lowest BCUT2D eigenvalue weighted by atomic mass is 10.2. The molecule has 134 valence electrons. The Balaban J connectivity index is 2.51. The number of thioether (sulfide) groups is 1. The predicted molar refractivity (Wildman–Crippen MR) is 95.1 cm³/mol. The second-order valence-electron chi connectivity index (χ2n) is 5.29. The van der Waals surface area contributed by atoms with Crippen LogP contribution in [0.3, 0.4) is 0 Å². The van der Waals surface area contributed by atoms with Crippen molar-refractivity contribution in [2.45, 2.75) is 24.9 Å². The molecule has 0 amide bonds. The molecule has 1 heterocycles. The molecule has 0 radical (unpaired) electrons. The van der Waals surface area contributed by atoms with E-state index in [2.05, 4.69) is 15.3 Å². The molecule has 10 heteroatoms. The number of hydrogen-bond acceptors (Lipinski definition) is 8. The molecule has 0 saturated carbocycles. The maximum Gasteiger partial charge on any atom is 0.315 e. The molecular weight excluding hydrogens is 346 g/mol. The molecule has 0 atom stereocenters. The molecular formula is C15H19N5O4S. The third kappa shape index (κ3) is 3.90. The summed E-state index contributed by atoms with van der Waals surface area (Å²) in [5.41, 5.74) is 0.307. The summed E-state index contributed by atoms with van der Waals surface area (Å²) < 4.78 is 11.9. The van der Waals surface area contributed by atoms with Gasteiger partial charge in [-0.3, -0.25) is 10.1 Å². The van der Waals surface area contributed by atoms with Crippen LogP contribution in [0.1, 0.15) is 31.2 Å². The van der Waals surface area contributed by atoms with Crippen molar-refractivity contribution >= 4 is 23.7 Å². The first-order valence-electron chi connectivity index (χ1n) is 7.37. The minimum Gasteiger partial charge on any atom is -0.493 e. The summed E-state index contributed by atoms with van der Waals surface area (Å²) in [5.74, 6) is 1.17. The van der Waals surface area contributed by atoms with Crippen molar-refractivity contribution in [2.24, 2.45) is 5.10 Å². The van der Waals surface area contributed by atoms with Gasteiger partial charge in [0.25, 0.3) is 0 Å². The van der Waals surface area contributed by atoms with E-state index < -0.39 is 4.92 Å². The molecule has 0 fully saturated rings. The smallest absolute Gasteiger partial charge is 0.315 e. The Morgan fingerprint density at radius 3 is 2.56 bits per heavy atom. The van der Waals surface area contributed by atoms with E-state index in [4.69, 9.17) is 9.47 Å². The van der Waals surface area contributed by atoms with E-state index in [0.717, 1.165) is 0 Å². The van der Waals surface area contributed by atoms with Gasteiger partial charge >= 0.3 is 5.69 Å². The number of aromatic nitrogens is 3. The fraction of sp³-hybridized carbons (Fsp3) is 0.400. The van der Waals surface area contributed by atoms with Crippen LogP contribution in [0, 0.1) is 10.1 Å². The quantitative estimate of drug-likeness (QED) is 0.321. The van der Waals surface area contributed by atoms with Crippen molar-refractivity contribution in [3.63, 3.8) is 0 Å². The lowest BCUT2D eigenvalue weighted by Gasteiger charge is -2.09. The standard InChI is InChI=1S/C15H19N5O4S/c1-9(2)14-17-18-15(25-5)19(14)16-8-10-6-11(20(21)22)13(24-4)12(7-10)23-3/h6-9H,1-5H3/b16-8-. The third-order valence-corrected chi connectivity index (χ3v) is 3.96. The third-order valence-electron chi connectivity index (χ3n) is 3.34. The van der Waals surface area contributed by atoms with Crippen LogP contribution in [0.5, 0.6) is 11.5 Å². The molecule has 25 heavy (non-hydrogen) atoms. The maximum absolute atomic E-state index is 11.3. The summed E-state index contributed by atoms with van der Waals surface area (Å²) in [7, 11) is 2.78. The monoisotopic (exact) mass is 365 g/mol. The molecule has 0 spiro atoms. The van der Waals surface area contributed by atoms with E-state index >= 15 is 0 Å². The Morgan fingerprint density at radius 2 is 2.04 bits per heavy atom. The number of benzene rings is 1. The van der Waals surface area contributed by atoms with Crippen LogP contribution in [0.4, 0.5) is 5.69 Å². The first-order valence-corrected chi connectivity index (χ1v) is 8.59. The van der Waals surface area contributed by atoms with Gasteiger partial charge in [-0.15, -0.1) is 10.2 Å². The molecule has 9 nitrogen and oxygen atoms in total. The summed E-state index contributed by atoms with van der Waals surface area (Å²) >= 11 is 1.41. The van der Waals surface area contributed by atoms with Gasteiger partial charge in [0, 0.05) is 17.5 Å². The zero-order valence-corrected chi connectivity index (χ0v) is 15.4. The lowest BCUT2D eigenvalue weighted by Crippen LogP contribution is -2.03. The highest BCUT2D eigenvalue weighted by Gasteiger charge is 2.21. The van der Waals surface area contributed by atoms with Gasteiger partial charge in [-0.1, -0.05) is 25.6 Å². The first-order chi connectivity index (χ1) is 11.9. The zero-order valence-electron chi connectivity index (χ0n) is 14.6. The molecule has 0 aliphatic carbocycles. The molecule has 2 rings (SSSR count). The van der Waals surface area contributed by atoms with Crippen molar-refractivity contribution in [2.75, 3.05) is 20.5 Å². The summed E-state index contributed by atoms with van der Waals surface area (Å²) in [6.07, 6.45) is 3.38. The molecule has 2 aromatic rings. The Morgan fingerprint density at radius 1 is 1.32 bits per heavy atom. The fourth-order valence-corrected chi connectivity index (χ4v) is 2.61. The van der Waals surface area contributed by atoms with Crippen LogP contribution < -0.4 is 9.47 Å². The largest absolute Gasteiger partial charge is 0.493 e. The molecule has 0 saturated heterocycles. The molecule has 1 aromatic heterocycles. The number of methoxy groups -OCH3 is 2. The van der Waals surface area contributed by atoms with Crippen molar-refractivity contribution < 1.29 is 14.4 Å². The minimum atomic E-state index is -0.523. The zero-order chi connectivity index (χ0) is 18.6. The van der Waals surface area contributed by atoms with Gasteiger partial charge in [-0.2, -0.15) is 9.78 Å². The molecule has 0 unspecified atom stereocenters. The van der Waals surface area contributed by atoms with Crippen LogP contribution in [-0.4, -0.2) is 46.5 Å². The topological polar surface area (TPSA) is 105 Å². The number of nitro benzene ring substituents is 1. The summed E-state index contributed by atoms with van der Waals surface area (Å²) in [6.45, 7) is 3.97. The van der Waals surface area contributed by atoms with Gasteiger partial charge in [0.1, 0.15) is 0 Å². The van der Waals surface area contributed by atoms with Gasteiger partial charge < -0.3 is 9.47 Å². The average Bonchev–Trinajstić information content (AvgIpc) is 3.01. The second-order valence-corrected chi connectivity index (χ2v) is 6.06. The molecule has 0 aliphatic rings. The van der Waals surface area contributed by atoms with Crippen LogP contribution in [0.15, 0.2) is 22.4 Å². The highest BCUT2D eigenvalue weighted by atomic mass is 32.2. The van der Waals surface area contributed by atoms with E-state index in [9.17, 15) is 10.1 Å². The fourth-order valence-electron chi connectivity index (χ4n) is 2.17. The van der Waals surface area contributed by atoms with E-state index in [0.29, 0.717) is 16.5 Å². The number of nitrogens with zero attached hydrogens (tertiary/aromatic N) is 5. The van der Waals surface area contributed by atoms with Crippen molar-refractivity contribution in [3.8, 4) is 11.5 Å². The highest BCUT2D eigenvalue weighted by Crippen LogP contribution is 2.37. The average molecular weight is 365 g/mol. The minimum absolute atomic E-state index is 0.0709. The van der Waals surface area contributed by atoms with Gasteiger partial charge in [0.15, 0.2) is 11.6 Å². The van der Waals surface area contributed by atoms with Crippen molar-refractivity contribution in [3.05, 3.63) is 33.6 Å². The molecule has 0 aliphatic heterocycles. The highest BCUT2D eigenvalue weighted by molar-refractivity contribution is 7.98. The number of nitro groups is 1. The van der Waals surface area contributed by atoms with Crippen LogP contribution in [-0.2, 0) is 0 Å². The van der Waals surface area contributed by atoms with Gasteiger partial charge in [-0.25, -0.2) is 0 Å². The number of rotatable bonds is 7. The van der Waals surface area contributed by atoms with Gasteiger partial charge in [0.05, 0.1) is 25.4 Å². The van der Waals surface area contributed by atoms with Crippen LogP contribution in [0.25, 0.3) is 0 Å². The Hall–Kier alpha value is -2.62. The van der Waals surface area contributed by atoms with Crippen molar-refractivity contribution in [1.29, 1.82) is 0 Å². The van der Waals surface area contributed by atoms with E-state index in [1.165, 1.54) is 38.3 Å². The van der Waals surface area contributed by atoms with Crippen molar-refractivity contribution in [1.82, 2.24) is 14.9 Å². The Bertz CT molecular complexity index is 803. The first kappa shape index (κ1) is 18.7. The predicted octanol–water partition coefficient (Wildman–Crippen LogP) is 2.93. The van der Waals surface area contributed by atoms with E-state index in [-0.39, 0.29) is 23.1 Å². The maximum atomic E-state index is 11.3. The Kier molecular flexibility index (Phi) is 5.97. The SMILES string of the molecule is COc1cc(/C=N\n2c(SC)nnc2C(C)C)cc([N+](=O)[O-])c1OC. The second kappa shape index (κ2) is 7.97. The summed E-state index contributed by atoms with van der Waals surface area (Å²) in [4.78, 5) is 10.8. The molecule has 1 aromatic carbocycles. The molecule has 0 N–H and O–H groups in total. The van der Waals surface area contributed by atoms with Crippen LogP contribution in [0.2, 0.25) is 0 Å². The summed E-state index contributed by atoms with van der Waals surface area (Å²) in [6, 6.07) is 3.00. The van der Waals surface area contributed by atoms with E-state index in [1.54, 1.807) is 10.7 Å². The van der Waals surface area contributed by atoms with E-state index in [1.807, 2.05) is 20.1 Å². The van der Waals surface area contributed by atoms with Gasteiger partial charge in [-0.05, 0) is 12.3 Å². The summed E-state index contributed by atoms with van der Waals surface area (Å²) in [5, 5.41) is 24.5. The van der Waals surface area contributed by atoms with Gasteiger partial charge in [0.2, 0.25) is 10.9 Å². The number of hydrogen-bond donors (Lipinski definition) is 0. The molecule has 0 bridgehead atoms. The normalized spacial score (nSPS) is 11.3.